The number of nitrogens with zero attached hydrogens (tertiary/aromatic N) is 2. The minimum atomic E-state index is -1.11. The third kappa shape index (κ3) is 3.54. The summed E-state index contributed by atoms with van der Waals surface area (Å²) in [6, 6.07) is 9.09. The zero-order chi connectivity index (χ0) is 21.3. The van der Waals surface area contributed by atoms with Crippen LogP contribution in [0.3, 0.4) is 0 Å². The average molecular weight is 430 g/mol. The fourth-order valence-corrected chi connectivity index (χ4v) is 4.73. The van der Waals surface area contributed by atoms with Crippen LogP contribution < -0.4 is 4.74 Å². The number of hydrogen-bond acceptors (Lipinski definition) is 6. The Labute approximate surface area is 177 Å². The van der Waals surface area contributed by atoms with E-state index in [9.17, 15) is 19.5 Å². The molecule has 2 fully saturated rings. The quantitative estimate of drug-likeness (QED) is 0.800. The number of piperidine rings is 1. The van der Waals surface area contributed by atoms with Crippen molar-refractivity contribution in [3.63, 3.8) is 0 Å². The van der Waals surface area contributed by atoms with Crippen LogP contribution in [0.5, 0.6) is 5.75 Å². The van der Waals surface area contributed by atoms with Crippen LogP contribution in [-0.2, 0) is 9.53 Å². The number of amides is 2. The lowest BCUT2D eigenvalue weighted by molar-refractivity contribution is -0.143. The molecule has 1 aromatic carbocycles. The third-order valence-electron chi connectivity index (χ3n) is 5.67. The van der Waals surface area contributed by atoms with Gasteiger partial charge in [0, 0.05) is 31.5 Å². The van der Waals surface area contributed by atoms with Crippen molar-refractivity contribution in [3.05, 3.63) is 52.2 Å². The van der Waals surface area contributed by atoms with Crippen molar-refractivity contribution in [2.45, 2.75) is 24.6 Å². The molecule has 8 nitrogen and oxygen atoms in total. The highest BCUT2D eigenvalue weighted by Gasteiger charge is 2.54. The zero-order valence-corrected chi connectivity index (χ0v) is 17.3. The lowest BCUT2D eigenvalue weighted by Gasteiger charge is -2.44. The van der Waals surface area contributed by atoms with E-state index in [2.05, 4.69) is 0 Å². The Morgan fingerprint density at radius 2 is 1.83 bits per heavy atom. The van der Waals surface area contributed by atoms with Crippen molar-refractivity contribution in [3.8, 4) is 5.75 Å². The first kappa shape index (κ1) is 20.4. The molecule has 9 heteroatoms. The molecule has 1 spiro atoms. The number of aliphatic carboxylic acids is 1. The summed E-state index contributed by atoms with van der Waals surface area (Å²) in [7, 11) is 1.53. The summed E-state index contributed by atoms with van der Waals surface area (Å²) in [6.07, 6.45) is 0.714. The largest absolute Gasteiger partial charge is 0.497 e. The molecule has 0 bridgehead atoms. The number of ether oxygens (including phenoxy) is 2. The summed E-state index contributed by atoms with van der Waals surface area (Å²) >= 11 is 1.38. The summed E-state index contributed by atoms with van der Waals surface area (Å²) in [6.45, 7) is 0.695. The maximum absolute atomic E-state index is 13.3. The Bertz CT molecular complexity index is 935. The molecular formula is C21H22N2O6S. The molecule has 2 saturated heterocycles. The first-order valence-corrected chi connectivity index (χ1v) is 10.5. The molecule has 0 saturated carbocycles. The van der Waals surface area contributed by atoms with Crippen molar-refractivity contribution in [2.75, 3.05) is 26.8 Å². The molecule has 2 aliphatic rings. The number of carboxylic acids is 1. The average Bonchev–Trinajstić information content (AvgIpc) is 3.42. The molecule has 1 N–H and O–H groups in total. The fraction of sp³-hybridized carbons (Fsp3) is 0.381. The van der Waals surface area contributed by atoms with Crippen molar-refractivity contribution in [2.24, 2.45) is 0 Å². The van der Waals surface area contributed by atoms with Gasteiger partial charge >= 0.3 is 5.97 Å². The van der Waals surface area contributed by atoms with E-state index in [-0.39, 0.29) is 12.5 Å². The minimum absolute atomic E-state index is 0.0549. The molecule has 1 atom stereocenters. The lowest BCUT2D eigenvalue weighted by Crippen LogP contribution is -2.58. The molecule has 1 unspecified atom stereocenters. The Balaban J connectivity index is 1.56. The molecule has 3 heterocycles. The number of carbonyl (C=O) groups excluding carboxylic acids is 2. The number of likely N-dealkylation sites (tertiary alicyclic amines) is 1. The van der Waals surface area contributed by atoms with Crippen molar-refractivity contribution in [1.29, 1.82) is 0 Å². The molecule has 0 aliphatic carbocycles. The van der Waals surface area contributed by atoms with E-state index in [1.165, 1.54) is 23.3 Å². The van der Waals surface area contributed by atoms with E-state index in [0.717, 1.165) is 0 Å². The predicted molar refractivity (Wildman–Crippen MR) is 109 cm³/mol. The van der Waals surface area contributed by atoms with Gasteiger partial charge in [-0.2, -0.15) is 0 Å². The smallest absolute Gasteiger partial charge is 0.328 e. The summed E-state index contributed by atoms with van der Waals surface area (Å²) in [5, 5.41) is 11.5. The van der Waals surface area contributed by atoms with Crippen molar-refractivity contribution in [1.82, 2.24) is 9.80 Å². The molecule has 4 rings (SSSR count). The topological polar surface area (TPSA) is 96.4 Å². The number of thiophene rings is 1. The summed E-state index contributed by atoms with van der Waals surface area (Å²) in [5.74, 6) is -0.957. The normalized spacial score (nSPS) is 20.4. The molecular weight excluding hydrogens is 408 g/mol. The van der Waals surface area contributed by atoms with Crippen LogP contribution in [0.1, 0.15) is 32.9 Å². The summed E-state index contributed by atoms with van der Waals surface area (Å²) in [5.41, 5.74) is -0.671. The number of benzene rings is 1. The highest BCUT2D eigenvalue weighted by atomic mass is 32.1. The van der Waals surface area contributed by atoms with Gasteiger partial charge in [0.25, 0.3) is 11.8 Å². The summed E-state index contributed by atoms with van der Waals surface area (Å²) in [4.78, 5) is 41.5. The van der Waals surface area contributed by atoms with Crippen LogP contribution in [0.4, 0.5) is 0 Å². The molecule has 1 aromatic heterocycles. The van der Waals surface area contributed by atoms with Crippen molar-refractivity contribution >= 4 is 29.1 Å². The van der Waals surface area contributed by atoms with Crippen LogP contribution in [0.2, 0.25) is 0 Å². The van der Waals surface area contributed by atoms with E-state index < -0.39 is 23.6 Å². The van der Waals surface area contributed by atoms with E-state index in [1.54, 1.807) is 35.2 Å². The monoisotopic (exact) mass is 430 g/mol. The fourth-order valence-electron chi connectivity index (χ4n) is 4.04. The van der Waals surface area contributed by atoms with Gasteiger partial charge in [0.05, 0.1) is 18.6 Å². The molecule has 158 valence electrons. The van der Waals surface area contributed by atoms with Gasteiger partial charge in [0.2, 0.25) is 0 Å². The van der Waals surface area contributed by atoms with Crippen LogP contribution in [0.25, 0.3) is 0 Å². The van der Waals surface area contributed by atoms with Crippen LogP contribution in [0, 0.1) is 0 Å². The van der Waals surface area contributed by atoms with Gasteiger partial charge < -0.3 is 19.5 Å². The second-order valence-electron chi connectivity index (χ2n) is 7.28. The highest BCUT2D eigenvalue weighted by Crippen LogP contribution is 2.39. The van der Waals surface area contributed by atoms with Gasteiger partial charge in [0.1, 0.15) is 11.5 Å². The molecule has 30 heavy (non-hydrogen) atoms. The predicted octanol–water partition coefficient (Wildman–Crippen LogP) is 2.31. The third-order valence-corrected chi connectivity index (χ3v) is 6.52. The maximum Gasteiger partial charge on any atom is 0.328 e. The van der Waals surface area contributed by atoms with Crippen LogP contribution >= 0.6 is 11.3 Å². The zero-order valence-electron chi connectivity index (χ0n) is 16.4. The molecule has 2 aromatic rings. The minimum Gasteiger partial charge on any atom is -0.497 e. The second kappa shape index (κ2) is 8.08. The Kier molecular flexibility index (Phi) is 5.48. The van der Waals surface area contributed by atoms with Gasteiger partial charge in [-0.05, 0) is 35.7 Å². The first-order chi connectivity index (χ1) is 14.4. The standard InChI is InChI=1S/C21H22N2O6S/c1-28-15-6-4-14(5-7-15)18(24)23-16(20(26)27)13-29-21(23)8-10-22(11-9-21)19(25)17-3-2-12-30-17/h2-7,12,16H,8-11,13H2,1H3,(H,26,27). The second-order valence-corrected chi connectivity index (χ2v) is 8.23. The van der Waals surface area contributed by atoms with Gasteiger partial charge in [-0.3, -0.25) is 14.5 Å². The number of rotatable bonds is 4. The number of hydrogen-bond donors (Lipinski definition) is 1. The molecule has 2 aliphatic heterocycles. The number of carboxylic acid groups (broad SMARTS) is 1. The number of carbonyl (C=O) groups is 3. The van der Waals surface area contributed by atoms with Gasteiger partial charge in [-0.1, -0.05) is 6.07 Å². The van der Waals surface area contributed by atoms with E-state index in [4.69, 9.17) is 9.47 Å². The first-order valence-electron chi connectivity index (χ1n) is 9.62. The van der Waals surface area contributed by atoms with Gasteiger partial charge in [-0.15, -0.1) is 11.3 Å². The molecule has 2 amide bonds. The van der Waals surface area contributed by atoms with Gasteiger partial charge in [-0.25, -0.2) is 4.79 Å². The molecule has 0 radical (unpaired) electrons. The highest BCUT2D eigenvalue weighted by molar-refractivity contribution is 7.12. The Hall–Kier alpha value is -2.91. The number of methoxy groups -OCH3 is 1. The SMILES string of the molecule is COc1ccc(C(=O)N2C(C(=O)O)COC23CCN(C(=O)c2cccs2)CC3)cc1. The van der Waals surface area contributed by atoms with Crippen LogP contribution in [0.15, 0.2) is 41.8 Å². The van der Waals surface area contributed by atoms with E-state index >= 15 is 0 Å². The van der Waals surface area contributed by atoms with Gasteiger partial charge in [0.15, 0.2) is 6.04 Å². The lowest BCUT2D eigenvalue weighted by atomic mass is 9.96. The summed E-state index contributed by atoms with van der Waals surface area (Å²) < 4.78 is 11.1. The van der Waals surface area contributed by atoms with Crippen molar-refractivity contribution < 1.29 is 29.0 Å². The Morgan fingerprint density at radius 3 is 2.40 bits per heavy atom. The maximum atomic E-state index is 13.3. The Morgan fingerprint density at radius 1 is 1.13 bits per heavy atom. The van der Waals surface area contributed by atoms with E-state index in [1.807, 2.05) is 11.4 Å². The van der Waals surface area contributed by atoms with Crippen LogP contribution in [-0.4, -0.2) is 71.3 Å². The van der Waals surface area contributed by atoms with E-state index in [0.29, 0.717) is 42.1 Å².